The Kier molecular flexibility index (Phi) is 4.47. The minimum Gasteiger partial charge on any atom is -0.332 e. The SMILES string of the molecule is Cc1cccc(NC(=O)CN(C)C(=O)c2ccc3n[nH]nc3c2)c1C. The van der Waals surface area contributed by atoms with Crippen molar-refractivity contribution < 1.29 is 9.59 Å². The minimum atomic E-state index is -0.249. The van der Waals surface area contributed by atoms with Gasteiger partial charge in [-0.15, -0.1) is 0 Å². The molecule has 25 heavy (non-hydrogen) atoms. The number of rotatable bonds is 4. The molecule has 0 fully saturated rings. The second-order valence-electron chi connectivity index (χ2n) is 5.98. The largest absolute Gasteiger partial charge is 0.332 e. The molecule has 0 aliphatic rings. The van der Waals surface area contributed by atoms with Crippen molar-refractivity contribution >= 4 is 28.5 Å². The lowest BCUT2D eigenvalue weighted by molar-refractivity contribution is -0.116. The molecule has 3 aromatic rings. The molecule has 0 unspecified atom stereocenters. The van der Waals surface area contributed by atoms with Gasteiger partial charge in [0.15, 0.2) is 0 Å². The van der Waals surface area contributed by atoms with Crippen LogP contribution in [-0.4, -0.2) is 45.7 Å². The fraction of sp³-hybridized carbons (Fsp3) is 0.222. The predicted octanol–water partition coefficient (Wildman–Crippen LogP) is 2.29. The van der Waals surface area contributed by atoms with Crippen molar-refractivity contribution in [3.8, 4) is 0 Å². The molecule has 0 aliphatic heterocycles. The van der Waals surface area contributed by atoms with Gasteiger partial charge in [0.25, 0.3) is 5.91 Å². The molecule has 7 heteroatoms. The zero-order chi connectivity index (χ0) is 18.0. The molecule has 0 radical (unpaired) electrons. The summed E-state index contributed by atoms with van der Waals surface area (Å²) >= 11 is 0. The Balaban J connectivity index is 1.68. The Morgan fingerprint density at radius 1 is 1.12 bits per heavy atom. The average molecular weight is 337 g/mol. The highest BCUT2D eigenvalue weighted by Crippen LogP contribution is 2.18. The standard InChI is InChI=1S/C18H19N5O2/c1-11-5-4-6-14(12(11)2)19-17(24)10-23(3)18(25)13-7-8-15-16(9-13)21-22-20-15/h4-9H,10H2,1-3H3,(H,19,24)(H,20,21,22). The summed E-state index contributed by atoms with van der Waals surface area (Å²) in [5.74, 6) is -0.493. The van der Waals surface area contributed by atoms with Crippen molar-refractivity contribution in [2.24, 2.45) is 0 Å². The lowest BCUT2D eigenvalue weighted by atomic mass is 10.1. The number of amides is 2. The lowest BCUT2D eigenvalue weighted by Crippen LogP contribution is -2.35. The van der Waals surface area contributed by atoms with Crippen LogP contribution >= 0.6 is 0 Å². The summed E-state index contributed by atoms with van der Waals surface area (Å²) in [5.41, 5.74) is 4.63. The summed E-state index contributed by atoms with van der Waals surface area (Å²) in [5, 5.41) is 13.3. The third kappa shape index (κ3) is 3.50. The van der Waals surface area contributed by atoms with E-state index < -0.39 is 0 Å². The topological polar surface area (TPSA) is 91.0 Å². The number of benzene rings is 2. The molecule has 2 aromatic carbocycles. The van der Waals surface area contributed by atoms with E-state index in [9.17, 15) is 9.59 Å². The smallest absolute Gasteiger partial charge is 0.254 e. The van der Waals surface area contributed by atoms with E-state index in [0.29, 0.717) is 16.6 Å². The molecule has 0 aliphatic carbocycles. The van der Waals surface area contributed by atoms with Gasteiger partial charge in [0.2, 0.25) is 5.91 Å². The van der Waals surface area contributed by atoms with Crippen molar-refractivity contribution in [3.05, 3.63) is 53.1 Å². The number of aromatic amines is 1. The molecule has 0 bridgehead atoms. The number of H-pyrrole nitrogens is 1. The monoisotopic (exact) mass is 337 g/mol. The van der Waals surface area contributed by atoms with E-state index in [4.69, 9.17) is 0 Å². The number of hydrogen-bond donors (Lipinski definition) is 2. The number of hydrogen-bond acceptors (Lipinski definition) is 4. The molecule has 3 rings (SSSR count). The van der Waals surface area contributed by atoms with E-state index in [2.05, 4.69) is 20.7 Å². The second kappa shape index (κ2) is 6.72. The minimum absolute atomic E-state index is 0.0386. The Labute approximate surface area is 145 Å². The van der Waals surface area contributed by atoms with Crippen molar-refractivity contribution in [3.63, 3.8) is 0 Å². The van der Waals surface area contributed by atoms with Gasteiger partial charge in [0.1, 0.15) is 11.0 Å². The number of nitrogens with one attached hydrogen (secondary N) is 2. The number of carbonyl (C=O) groups excluding carboxylic acids is 2. The molecule has 128 valence electrons. The number of carbonyl (C=O) groups is 2. The maximum atomic E-state index is 12.5. The van der Waals surface area contributed by atoms with Crippen LogP contribution in [0, 0.1) is 13.8 Å². The second-order valence-corrected chi connectivity index (χ2v) is 5.98. The van der Waals surface area contributed by atoms with Crippen LogP contribution in [0.2, 0.25) is 0 Å². The van der Waals surface area contributed by atoms with Crippen LogP contribution in [-0.2, 0) is 4.79 Å². The fourth-order valence-electron chi connectivity index (χ4n) is 2.56. The highest BCUT2D eigenvalue weighted by molar-refractivity contribution is 6.01. The first-order valence-electron chi connectivity index (χ1n) is 7.88. The molecule has 2 amide bonds. The van der Waals surface area contributed by atoms with Crippen LogP contribution in [0.5, 0.6) is 0 Å². The van der Waals surface area contributed by atoms with E-state index in [1.807, 2.05) is 32.0 Å². The maximum absolute atomic E-state index is 12.5. The van der Waals surface area contributed by atoms with Gasteiger partial charge in [-0.3, -0.25) is 9.59 Å². The van der Waals surface area contributed by atoms with Crippen molar-refractivity contribution in [1.29, 1.82) is 0 Å². The molecule has 0 spiro atoms. The van der Waals surface area contributed by atoms with Gasteiger partial charge >= 0.3 is 0 Å². The van der Waals surface area contributed by atoms with Crippen LogP contribution in [0.15, 0.2) is 36.4 Å². The van der Waals surface area contributed by atoms with Crippen LogP contribution < -0.4 is 5.32 Å². The Bertz CT molecular complexity index is 948. The number of nitrogens with zero attached hydrogens (tertiary/aromatic N) is 3. The zero-order valence-electron chi connectivity index (χ0n) is 14.3. The molecule has 0 atom stereocenters. The van der Waals surface area contributed by atoms with Crippen LogP contribution in [0.3, 0.4) is 0 Å². The van der Waals surface area contributed by atoms with Gasteiger partial charge in [0, 0.05) is 18.3 Å². The summed E-state index contributed by atoms with van der Waals surface area (Å²) in [6.07, 6.45) is 0. The summed E-state index contributed by atoms with van der Waals surface area (Å²) < 4.78 is 0. The van der Waals surface area contributed by atoms with E-state index in [1.54, 1.807) is 25.2 Å². The number of fused-ring (bicyclic) bond motifs is 1. The Morgan fingerprint density at radius 2 is 1.88 bits per heavy atom. The molecule has 7 nitrogen and oxygen atoms in total. The molecule has 0 saturated heterocycles. The quantitative estimate of drug-likeness (QED) is 0.764. The Morgan fingerprint density at radius 3 is 2.68 bits per heavy atom. The summed E-state index contributed by atoms with van der Waals surface area (Å²) in [4.78, 5) is 26.1. The molecular weight excluding hydrogens is 318 g/mol. The number of aryl methyl sites for hydroxylation is 1. The molecular formula is C18H19N5O2. The number of aromatic nitrogens is 3. The van der Waals surface area contributed by atoms with E-state index in [-0.39, 0.29) is 18.4 Å². The number of likely N-dealkylation sites (N-methyl/N-ethyl adjacent to an activating group) is 1. The molecule has 2 N–H and O–H groups in total. The van der Waals surface area contributed by atoms with E-state index in [1.165, 1.54) is 4.90 Å². The first-order valence-corrected chi connectivity index (χ1v) is 7.88. The molecule has 0 saturated carbocycles. The summed E-state index contributed by atoms with van der Waals surface area (Å²) in [6.45, 7) is 3.90. The van der Waals surface area contributed by atoms with Gasteiger partial charge in [-0.05, 0) is 49.2 Å². The average Bonchev–Trinajstić information content (AvgIpc) is 3.05. The molecule has 1 heterocycles. The third-order valence-electron chi connectivity index (χ3n) is 4.17. The predicted molar refractivity (Wildman–Crippen MR) is 95.4 cm³/mol. The third-order valence-corrected chi connectivity index (χ3v) is 4.17. The zero-order valence-corrected chi connectivity index (χ0v) is 14.3. The lowest BCUT2D eigenvalue weighted by Gasteiger charge is -2.17. The van der Waals surface area contributed by atoms with Crippen LogP contribution in [0.25, 0.3) is 11.0 Å². The first kappa shape index (κ1) is 16.6. The van der Waals surface area contributed by atoms with Gasteiger partial charge < -0.3 is 10.2 Å². The maximum Gasteiger partial charge on any atom is 0.254 e. The highest BCUT2D eigenvalue weighted by Gasteiger charge is 2.16. The molecule has 1 aromatic heterocycles. The van der Waals surface area contributed by atoms with Gasteiger partial charge in [-0.2, -0.15) is 15.4 Å². The normalized spacial score (nSPS) is 10.7. The summed E-state index contributed by atoms with van der Waals surface area (Å²) in [7, 11) is 1.60. The van der Waals surface area contributed by atoms with Crippen LogP contribution in [0.1, 0.15) is 21.5 Å². The van der Waals surface area contributed by atoms with E-state index >= 15 is 0 Å². The van der Waals surface area contributed by atoms with Crippen LogP contribution in [0.4, 0.5) is 5.69 Å². The van der Waals surface area contributed by atoms with Gasteiger partial charge in [-0.1, -0.05) is 12.1 Å². The van der Waals surface area contributed by atoms with Gasteiger partial charge in [0.05, 0.1) is 6.54 Å². The first-order chi connectivity index (χ1) is 12.0. The van der Waals surface area contributed by atoms with Crippen molar-refractivity contribution in [2.75, 3.05) is 18.9 Å². The summed E-state index contributed by atoms with van der Waals surface area (Å²) in [6, 6.07) is 10.8. The fourth-order valence-corrected chi connectivity index (χ4v) is 2.56. The van der Waals surface area contributed by atoms with Crippen molar-refractivity contribution in [2.45, 2.75) is 13.8 Å². The number of anilines is 1. The van der Waals surface area contributed by atoms with E-state index in [0.717, 1.165) is 16.8 Å². The Hall–Kier alpha value is -3.22. The highest BCUT2D eigenvalue weighted by atomic mass is 16.2. The van der Waals surface area contributed by atoms with Crippen molar-refractivity contribution in [1.82, 2.24) is 20.3 Å². The van der Waals surface area contributed by atoms with Gasteiger partial charge in [-0.25, -0.2) is 0 Å².